The first kappa shape index (κ1) is 18.4. The van der Waals surface area contributed by atoms with Crippen molar-refractivity contribution in [3.05, 3.63) is 29.3 Å². The maximum absolute atomic E-state index is 12.9. The van der Waals surface area contributed by atoms with E-state index in [1.165, 1.54) is 4.31 Å². The van der Waals surface area contributed by atoms with Gasteiger partial charge in [0.2, 0.25) is 15.9 Å². The van der Waals surface area contributed by atoms with E-state index < -0.39 is 10.0 Å². The van der Waals surface area contributed by atoms with Gasteiger partial charge in [-0.2, -0.15) is 4.31 Å². The minimum absolute atomic E-state index is 0.0492. The number of rotatable bonds is 5. The van der Waals surface area contributed by atoms with Crippen LogP contribution in [-0.2, 0) is 14.8 Å². The van der Waals surface area contributed by atoms with Crippen molar-refractivity contribution < 1.29 is 13.2 Å². The molecular formula is C18H27N3O3S. The van der Waals surface area contributed by atoms with Crippen LogP contribution >= 0.6 is 0 Å². The number of carbonyl (C=O) groups excluding carboxylic acids is 1. The third kappa shape index (κ3) is 4.04. The molecule has 1 heterocycles. The van der Waals surface area contributed by atoms with Gasteiger partial charge in [0, 0.05) is 32.2 Å². The molecule has 1 aromatic carbocycles. The van der Waals surface area contributed by atoms with Crippen LogP contribution in [0.1, 0.15) is 30.9 Å². The van der Waals surface area contributed by atoms with Crippen molar-refractivity contribution >= 4 is 15.9 Å². The Hall–Kier alpha value is -1.44. The average Bonchev–Trinajstić information content (AvgIpc) is 3.38. The molecule has 1 saturated carbocycles. The van der Waals surface area contributed by atoms with E-state index in [9.17, 15) is 13.2 Å². The van der Waals surface area contributed by atoms with Crippen LogP contribution < -0.4 is 5.32 Å². The van der Waals surface area contributed by atoms with Crippen molar-refractivity contribution in [3.63, 3.8) is 0 Å². The Morgan fingerprint density at radius 3 is 2.36 bits per heavy atom. The van der Waals surface area contributed by atoms with Gasteiger partial charge in [0.15, 0.2) is 0 Å². The molecule has 138 valence electrons. The summed E-state index contributed by atoms with van der Waals surface area (Å²) in [4.78, 5) is 14.6. The van der Waals surface area contributed by atoms with Gasteiger partial charge in [-0.05, 0) is 45.2 Å². The van der Waals surface area contributed by atoms with Gasteiger partial charge in [-0.3, -0.25) is 9.69 Å². The third-order valence-corrected chi connectivity index (χ3v) is 7.13. The highest BCUT2D eigenvalue weighted by atomic mass is 32.2. The van der Waals surface area contributed by atoms with Crippen molar-refractivity contribution in [2.24, 2.45) is 0 Å². The fraction of sp³-hybridized carbons (Fsp3) is 0.611. The summed E-state index contributed by atoms with van der Waals surface area (Å²) in [7, 11) is -3.48. The summed E-state index contributed by atoms with van der Waals surface area (Å²) in [6, 6.07) is 5.55. The van der Waals surface area contributed by atoms with Crippen molar-refractivity contribution in [1.29, 1.82) is 0 Å². The first-order valence-corrected chi connectivity index (χ1v) is 10.3. The van der Waals surface area contributed by atoms with E-state index >= 15 is 0 Å². The fourth-order valence-corrected chi connectivity index (χ4v) is 4.90. The molecule has 7 heteroatoms. The highest BCUT2D eigenvalue weighted by Gasteiger charge is 2.33. The van der Waals surface area contributed by atoms with E-state index in [1.807, 2.05) is 32.9 Å². The molecule has 1 aliphatic heterocycles. The predicted molar refractivity (Wildman–Crippen MR) is 96.9 cm³/mol. The van der Waals surface area contributed by atoms with Gasteiger partial charge in [-0.15, -0.1) is 0 Å². The zero-order valence-corrected chi connectivity index (χ0v) is 16.0. The van der Waals surface area contributed by atoms with Gasteiger partial charge in [0.1, 0.15) is 0 Å². The SMILES string of the molecule is Cc1ccc(S(=O)(=O)N2CCN([C@H](C)C(=O)NC3CC3)CC2)c(C)c1. The molecule has 1 N–H and O–H groups in total. The van der Waals surface area contributed by atoms with Crippen molar-refractivity contribution in [2.45, 2.75) is 50.6 Å². The molecule has 6 nitrogen and oxygen atoms in total. The summed E-state index contributed by atoms with van der Waals surface area (Å²) >= 11 is 0. The van der Waals surface area contributed by atoms with Crippen molar-refractivity contribution in [2.75, 3.05) is 26.2 Å². The standard InChI is InChI=1S/C18H27N3O3S/c1-13-4-7-17(14(2)12-13)25(23,24)21-10-8-20(9-11-21)15(3)18(22)19-16-5-6-16/h4,7,12,15-16H,5-6,8-11H2,1-3H3,(H,19,22)/t15-/m1/s1. The highest BCUT2D eigenvalue weighted by Crippen LogP contribution is 2.23. The number of carbonyl (C=O) groups is 1. The lowest BCUT2D eigenvalue weighted by molar-refractivity contribution is -0.126. The molecule has 1 atom stereocenters. The third-order valence-electron chi connectivity index (χ3n) is 5.07. The van der Waals surface area contributed by atoms with Crippen LogP contribution in [-0.4, -0.2) is 61.8 Å². The molecule has 2 fully saturated rings. The molecule has 0 spiro atoms. The van der Waals surface area contributed by atoms with E-state index in [0.29, 0.717) is 37.1 Å². The lowest BCUT2D eigenvalue weighted by atomic mass is 10.2. The number of nitrogens with one attached hydrogen (secondary N) is 1. The highest BCUT2D eigenvalue weighted by molar-refractivity contribution is 7.89. The Bertz CT molecular complexity index is 751. The van der Waals surface area contributed by atoms with Gasteiger partial charge < -0.3 is 5.32 Å². The molecular weight excluding hydrogens is 338 g/mol. The molecule has 0 aromatic heterocycles. The predicted octanol–water partition coefficient (Wildman–Crippen LogP) is 1.28. The Kier molecular flexibility index (Phi) is 5.18. The number of amides is 1. The monoisotopic (exact) mass is 365 g/mol. The summed E-state index contributed by atoms with van der Waals surface area (Å²) in [5.41, 5.74) is 1.83. The number of hydrogen-bond donors (Lipinski definition) is 1. The van der Waals surface area contributed by atoms with Gasteiger partial charge >= 0.3 is 0 Å². The molecule has 0 radical (unpaired) electrons. The smallest absolute Gasteiger partial charge is 0.243 e. The lowest BCUT2D eigenvalue weighted by Crippen LogP contribution is -2.55. The minimum Gasteiger partial charge on any atom is -0.352 e. The molecule has 2 aliphatic rings. The summed E-state index contributed by atoms with van der Waals surface area (Å²) in [5.74, 6) is 0.0492. The van der Waals surface area contributed by atoms with E-state index in [-0.39, 0.29) is 11.9 Å². The quantitative estimate of drug-likeness (QED) is 0.853. The molecule has 3 rings (SSSR count). The zero-order chi connectivity index (χ0) is 18.2. The lowest BCUT2D eigenvalue weighted by Gasteiger charge is -2.37. The normalized spacial score (nSPS) is 21.1. The molecule has 1 amide bonds. The molecule has 0 bridgehead atoms. The summed E-state index contributed by atoms with van der Waals surface area (Å²) in [5, 5.41) is 3.02. The second kappa shape index (κ2) is 7.05. The van der Waals surface area contributed by atoms with Crippen LogP contribution in [0.4, 0.5) is 0 Å². The molecule has 1 aromatic rings. The van der Waals surface area contributed by atoms with E-state index in [1.54, 1.807) is 6.07 Å². The maximum atomic E-state index is 12.9. The molecule has 25 heavy (non-hydrogen) atoms. The number of hydrogen-bond acceptors (Lipinski definition) is 4. The second-order valence-electron chi connectivity index (χ2n) is 7.17. The Labute approximate surface area is 150 Å². The van der Waals surface area contributed by atoms with Gasteiger partial charge in [0.05, 0.1) is 10.9 Å². The Morgan fingerprint density at radius 2 is 1.80 bits per heavy atom. The van der Waals surface area contributed by atoms with E-state index in [0.717, 1.165) is 24.0 Å². The number of sulfonamides is 1. The summed E-state index contributed by atoms with van der Waals surface area (Å²) < 4.78 is 27.4. The molecule has 0 unspecified atom stereocenters. The maximum Gasteiger partial charge on any atom is 0.243 e. The zero-order valence-electron chi connectivity index (χ0n) is 15.2. The Balaban J connectivity index is 1.63. The summed E-state index contributed by atoms with van der Waals surface area (Å²) in [6.07, 6.45) is 2.14. The first-order valence-electron chi connectivity index (χ1n) is 8.91. The van der Waals surface area contributed by atoms with Crippen LogP contribution in [0.25, 0.3) is 0 Å². The van der Waals surface area contributed by atoms with Gasteiger partial charge in [0.25, 0.3) is 0 Å². The first-order chi connectivity index (χ1) is 11.8. The van der Waals surface area contributed by atoms with Gasteiger partial charge in [-0.25, -0.2) is 8.42 Å². The number of piperazine rings is 1. The Morgan fingerprint density at radius 1 is 1.16 bits per heavy atom. The molecule has 1 aliphatic carbocycles. The number of benzene rings is 1. The topological polar surface area (TPSA) is 69.7 Å². The van der Waals surface area contributed by atoms with Crippen molar-refractivity contribution in [3.8, 4) is 0 Å². The van der Waals surface area contributed by atoms with E-state index in [4.69, 9.17) is 0 Å². The average molecular weight is 365 g/mol. The van der Waals surface area contributed by atoms with Crippen LogP contribution in [0.3, 0.4) is 0 Å². The largest absolute Gasteiger partial charge is 0.352 e. The van der Waals surface area contributed by atoms with Crippen LogP contribution in [0.15, 0.2) is 23.1 Å². The van der Waals surface area contributed by atoms with Crippen LogP contribution in [0, 0.1) is 13.8 Å². The second-order valence-corrected chi connectivity index (χ2v) is 9.07. The summed E-state index contributed by atoms with van der Waals surface area (Å²) in [6.45, 7) is 7.66. The number of aryl methyl sites for hydroxylation is 2. The van der Waals surface area contributed by atoms with E-state index in [2.05, 4.69) is 10.2 Å². The number of nitrogens with zero attached hydrogens (tertiary/aromatic N) is 2. The van der Waals surface area contributed by atoms with Gasteiger partial charge in [-0.1, -0.05) is 17.7 Å². The van der Waals surface area contributed by atoms with Crippen LogP contribution in [0.5, 0.6) is 0 Å². The van der Waals surface area contributed by atoms with Crippen molar-refractivity contribution in [1.82, 2.24) is 14.5 Å². The fourth-order valence-electron chi connectivity index (χ4n) is 3.27. The van der Waals surface area contributed by atoms with Crippen LogP contribution in [0.2, 0.25) is 0 Å². The molecule has 1 saturated heterocycles. The minimum atomic E-state index is -3.48.